The summed E-state index contributed by atoms with van der Waals surface area (Å²) in [4.78, 5) is 4.29. The fourth-order valence-corrected chi connectivity index (χ4v) is 1.10. The Hall–Kier alpha value is -1.39. The Bertz CT molecular complexity index is 287. The van der Waals surface area contributed by atoms with E-state index in [9.17, 15) is 0 Å². The van der Waals surface area contributed by atoms with Gasteiger partial charge in [-0.3, -0.25) is 0 Å². The van der Waals surface area contributed by atoms with E-state index in [1.807, 2.05) is 13.8 Å². The van der Waals surface area contributed by atoms with Crippen LogP contribution in [-0.2, 0) is 0 Å². The summed E-state index contributed by atoms with van der Waals surface area (Å²) in [5, 5.41) is 14.1. The summed E-state index contributed by atoms with van der Waals surface area (Å²) < 4.78 is 0. The maximum absolute atomic E-state index is 4.29. The first-order chi connectivity index (χ1) is 7.22. The molecule has 0 atom stereocenters. The van der Waals surface area contributed by atoms with Crippen molar-refractivity contribution in [1.29, 1.82) is 0 Å². The summed E-state index contributed by atoms with van der Waals surface area (Å²) in [5.41, 5.74) is 0. The normalized spacial score (nSPS) is 10.4. The molecule has 0 aliphatic heterocycles. The van der Waals surface area contributed by atoms with Gasteiger partial charge in [-0.15, -0.1) is 5.10 Å². The van der Waals surface area contributed by atoms with Gasteiger partial charge in [0.25, 0.3) is 0 Å². The number of anilines is 2. The fourth-order valence-electron chi connectivity index (χ4n) is 1.10. The third kappa shape index (κ3) is 4.58. The molecule has 0 unspecified atom stereocenters. The second-order valence-corrected chi connectivity index (χ2v) is 3.74. The largest absolute Gasteiger partial charge is 0.369 e. The van der Waals surface area contributed by atoms with Gasteiger partial charge in [-0.05, 0) is 20.3 Å². The maximum Gasteiger partial charge on any atom is 0.244 e. The first-order valence-corrected chi connectivity index (χ1v) is 5.42. The van der Waals surface area contributed by atoms with Crippen LogP contribution in [0.1, 0.15) is 33.6 Å². The second-order valence-electron chi connectivity index (χ2n) is 3.74. The molecule has 0 saturated carbocycles. The molecule has 0 aliphatic carbocycles. The average Bonchev–Trinajstić information content (AvgIpc) is 2.18. The van der Waals surface area contributed by atoms with Crippen molar-refractivity contribution in [2.45, 2.75) is 39.7 Å². The number of hydrogen-bond acceptors (Lipinski definition) is 5. The van der Waals surface area contributed by atoms with Crippen LogP contribution in [0.2, 0.25) is 0 Å². The van der Waals surface area contributed by atoms with Gasteiger partial charge in [0.2, 0.25) is 5.95 Å². The molecule has 0 aliphatic rings. The van der Waals surface area contributed by atoms with Gasteiger partial charge >= 0.3 is 0 Å². The van der Waals surface area contributed by atoms with Crippen LogP contribution in [-0.4, -0.2) is 27.8 Å². The van der Waals surface area contributed by atoms with Crippen molar-refractivity contribution in [2.24, 2.45) is 0 Å². The van der Waals surface area contributed by atoms with Crippen LogP contribution in [0.3, 0.4) is 0 Å². The summed E-state index contributed by atoms with van der Waals surface area (Å²) in [6.07, 6.45) is 3.95. The highest BCUT2D eigenvalue weighted by molar-refractivity contribution is 5.37. The van der Waals surface area contributed by atoms with Gasteiger partial charge in [-0.2, -0.15) is 10.1 Å². The fraction of sp³-hybridized carbons (Fsp3) is 0.700. The van der Waals surface area contributed by atoms with Crippen molar-refractivity contribution in [3.05, 3.63) is 6.20 Å². The first kappa shape index (κ1) is 11.7. The molecule has 5 nitrogen and oxygen atoms in total. The van der Waals surface area contributed by atoms with Gasteiger partial charge in [0.1, 0.15) is 5.82 Å². The van der Waals surface area contributed by atoms with E-state index < -0.39 is 0 Å². The summed E-state index contributed by atoms with van der Waals surface area (Å²) in [6.45, 7) is 7.17. The molecule has 0 radical (unpaired) electrons. The van der Waals surface area contributed by atoms with Crippen molar-refractivity contribution in [3.63, 3.8) is 0 Å². The lowest BCUT2D eigenvalue weighted by Gasteiger charge is -2.08. The molecular formula is C10H19N5. The quantitative estimate of drug-likeness (QED) is 0.701. The highest BCUT2D eigenvalue weighted by Crippen LogP contribution is 2.04. The zero-order valence-electron chi connectivity index (χ0n) is 9.62. The van der Waals surface area contributed by atoms with Crippen LogP contribution < -0.4 is 10.6 Å². The molecule has 15 heavy (non-hydrogen) atoms. The van der Waals surface area contributed by atoms with Gasteiger partial charge < -0.3 is 10.6 Å². The van der Waals surface area contributed by atoms with Crippen LogP contribution in [0, 0.1) is 0 Å². The summed E-state index contributed by atoms with van der Waals surface area (Å²) >= 11 is 0. The highest BCUT2D eigenvalue weighted by Gasteiger charge is 2.00. The monoisotopic (exact) mass is 209 g/mol. The molecule has 1 rings (SSSR count). The van der Waals surface area contributed by atoms with E-state index in [0.717, 1.165) is 18.8 Å². The maximum atomic E-state index is 4.29. The molecule has 0 bridgehead atoms. The van der Waals surface area contributed by atoms with Gasteiger partial charge in [0, 0.05) is 12.6 Å². The van der Waals surface area contributed by atoms with Gasteiger partial charge in [-0.1, -0.05) is 13.3 Å². The number of hydrogen-bond donors (Lipinski definition) is 2. The molecule has 0 saturated heterocycles. The van der Waals surface area contributed by atoms with E-state index in [4.69, 9.17) is 0 Å². The van der Waals surface area contributed by atoms with E-state index in [0.29, 0.717) is 12.0 Å². The van der Waals surface area contributed by atoms with Gasteiger partial charge in [-0.25, -0.2) is 0 Å². The lowest BCUT2D eigenvalue weighted by Crippen LogP contribution is -2.14. The molecular weight excluding hydrogens is 190 g/mol. The summed E-state index contributed by atoms with van der Waals surface area (Å²) in [7, 11) is 0. The second kappa shape index (κ2) is 6.16. The summed E-state index contributed by atoms with van der Waals surface area (Å²) in [5.74, 6) is 1.35. The Morgan fingerprint density at radius 3 is 2.87 bits per heavy atom. The van der Waals surface area contributed by atoms with Crippen molar-refractivity contribution in [3.8, 4) is 0 Å². The minimum Gasteiger partial charge on any atom is -0.369 e. The Morgan fingerprint density at radius 2 is 2.20 bits per heavy atom. The van der Waals surface area contributed by atoms with E-state index in [1.54, 1.807) is 6.20 Å². The smallest absolute Gasteiger partial charge is 0.244 e. The number of aromatic nitrogens is 3. The Balaban J connectivity index is 2.50. The van der Waals surface area contributed by atoms with Crippen LogP contribution in [0.15, 0.2) is 6.20 Å². The van der Waals surface area contributed by atoms with E-state index in [-0.39, 0.29) is 0 Å². The average molecular weight is 209 g/mol. The SMILES string of the molecule is CCCCNc1cnnc(NC(C)C)n1. The molecule has 0 spiro atoms. The lowest BCUT2D eigenvalue weighted by atomic mass is 10.3. The number of nitrogens with one attached hydrogen (secondary N) is 2. The zero-order chi connectivity index (χ0) is 11.1. The Labute approximate surface area is 90.7 Å². The van der Waals surface area contributed by atoms with Crippen molar-refractivity contribution < 1.29 is 0 Å². The van der Waals surface area contributed by atoms with Gasteiger partial charge in [0.15, 0.2) is 0 Å². The van der Waals surface area contributed by atoms with E-state index in [1.165, 1.54) is 6.42 Å². The standard InChI is InChI=1S/C10H19N5/c1-4-5-6-11-9-7-12-15-10(14-9)13-8(2)3/h7-8H,4-6H2,1-3H3,(H2,11,13,14,15). The minimum atomic E-state index is 0.317. The Kier molecular flexibility index (Phi) is 4.80. The van der Waals surface area contributed by atoms with Crippen molar-refractivity contribution in [1.82, 2.24) is 15.2 Å². The molecule has 0 fully saturated rings. The molecule has 2 N–H and O–H groups in total. The van der Waals surface area contributed by atoms with E-state index >= 15 is 0 Å². The topological polar surface area (TPSA) is 62.7 Å². The Morgan fingerprint density at radius 1 is 1.40 bits per heavy atom. The molecule has 1 aromatic heterocycles. The van der Waals surface area contributed by atoms with Crippen LogP contribution in [0.5, 0.6) is 0 Å². The minimum absolute atomic E-state index is 0.317. The number of rotatable bonds is 6. The first-order valence-electron chi connectivity index (χ1n) is 5.42. The third-order valence-corrected chi connectivity index (χ3v) is 1.81. The predicted octanol–water partition coefficient (Wildman–Crippen LogP) is 1.90. The molecule has 1 aromatic rings. The molecule has 0 aromatic carbocycles. The van der Waals surface area contributed by atoms with Crippen LogP contribution >= 0.6 is 0 Å². The number of nitrogens with zero attached hydrogens (tertiary/aromatic N) is 3. The molecule has 5 heteroatoms. The van der Waals surface area contributed by atoms with Crippen molar-refractivity contribution >= 4 is 11.8 Å². The van der Waals surface area contributed by atoms with Gasteiger partial charge in [0.05, 0.1) is 6.20 Å². The molecule has 0 amide bonds. The zero-order valence-corrected chi connectivity index (χ0v) is 9.62. The lowest BCUT2D eigenvalue weighted by molar-refractivity contribution is 0.820. The molecule has 1 heterocycles. The number of unbranched alkanes of at least 4 members (excludes halogenated alkanes) is 1. The highest BCUT2D eigenvalue weighted by atomic mass is 15.3. The van der Waals surface area contributed by atoms with Crippen molar-refractivity contribution in [2.75, 3.05) is 17.2 Å². The third-order valence-electron chi connectivity index (χ3n) is 1.81. The van der Waals surface area contributed by atoms with Crippen LogP contribution in [0.25, 0.3) is 0 Å². The van der Waals surface area contributed by atoms with Crippen LogP contribution in [0.4, 0.5) is 11.8 Å². The summed E-state index contributed by atoms with van der Waals surface area (Å²) in [6, 6.07) is 0.317. The molecule has 84 valence electrons. The van der Waals surface area contributed by atoms with E-state index in [2.05, 4.69) is 32.7 Å². The predicted molar refractivity (Wildman–Crippen MR) is 62.0 cm³/mol.